The van der Waals surface area contributed by atoms with Crippen LogP contribution >= 0.6 is 0 Å². The molecule has 7 aromatic heterocycles. The largest absolute Gasteiger partial charge is 3.00 e. The molecule has 22 heteroatoms. The second-order valence-corrected chi connectivity index (χ2v) is 44.8. The van der Waals surface area contributed by atoms with Crippen LogP contribution in [0.2, 0.25) is 0 Å². The van der Waals surface area contributed by atoms with Gasteiger partial charge in [-0.05, 0) is 124 Å². The van der Waals surface area contributed by atoms with Crippen molar-refractivity contribution in [2.75, 3.05) is 37.8 Å². The SMILES string of the molecule is CC(C)(C)c1ccnc(C(C)(c2[c-]cccc2)c2[c-]c(-c3cccc([C@](C)(c4[c-]cccc4)c4cc(C(C)(C)C)ccn4)n3)ccc2)c1.Cc1cccc(C)c1B1N(C)c2ccc(C(C)(c3[c-]cccc3)n3cccn3)[c-]c2-c2nc([C@](C)(c3[c-]cccc3)n3cccn3)cn21.Cc1cccc(C)c1B1N(C)c2ccc3[c-]c2-c2nc(cn21)[C@](C)(c1[c-]cccc1)N1C=CN(C)[C]1=[Ir]=[C]1N(C)C=CN1C3(C)c1[c-]cccc1.[Ir+3].[Ir+3]. The van der Waals surface area contributed by atoms with Crippen LogP contribution in [-0.4, -0.2) is 124 Å². The summed E-state index contributed by atoms with van der Waals surface area (Å²) in [6.45, 7) is 35.4. The number of benzene rings is 11. The van der Waals surface area contributed by atoms with Crippen molar-refractivity contribution in [3.63, 3.8) is 0 Å². The molecule has 18 aromatic rings. The number of aromatic nitrogens is 11. The Morgan fingerprint density at radius 2 is 0.792 bits per heavy atom. The Balaban J connectivity index is 0.000000140. The predicted octanol–water partition coefficient (Wildman–Crippen LogP) is 22.0. The predicted molar refractivity (Wildman–Crippen MR) is 589 cm³/mol. The summed E-state index contributed by atoms with van der Waals surface area (Å²) in [5.41, 5.74) is 25.8. The molecule has 0 radical (unpaired) electrons. The van der Waals surface area contributed by atoms with Gasteiger partial charge in [0, 0.05) is 60.3 Å². The van der Waals surface area contributed by atoms with Gasteiger partial charge in [0.15, 0.2) is 0 Å². The Kier molecular flexibility index (Phi) is 28.2. The van der Waals surface area contributed by atoms with E-state index in [-0.39, 0.29) is 65.0 Å². The van der Waals surface area contributed by atoms with Gasteiger partial charge in [0.05, 0.1) is 28.0 Å². The van der Waals surface area contributed by atoms with Gasteiger partial charge in [-0.3, -0.25) is 24.3 Å². The molecule has 23 rings (SSSR count). The third-order valence-electron chi connectivity index (χ3n) is 30.8. The molecule has 11 aromatic carbocycles. The van der Waals surface area contributed by atoms with Gasteiger partial charge in [-0.25, -0.2) is 0 Å². The van der Waals surface area contributed by atoms with Crippen molar-refractivity contribution in [2.45, 2.75) is 155 Å². The van der Waals surface area contributed by atoms with Gasteiger partial charge in [0.2, 0.25) is 0 Å². The number of hydrogen-bond acceptors (Lipinski definition) is 13. The van der Waals surface area contributed by atoms with Crippen molar-refractivity contribution in [3.8, 4) is 34.0 Å². The summed E-state index contributed by atoms with van der Waals surface area (Å²) in [5.74, 6) is 1.77. The van der Waals surface area contributed by atoms with E-state index in [4.69, 9.17) is 35.1 Å². The number of hydrogen-bond donors (Lipinski definition) is 0. The zero-order valence-electron chi connectivity index (χ0n) is 87.7. The monoisotopic (exact) mass is 2480 g/mol. The first-order valence-electron chi connectivity index (χ1n) is 50.2. The second kappa shape index (κ2) is 40.7. The van der Waals surface area contributed by atoms with Crippen LogP contribution in [0.25, 0.3) is 34.0 Å². The van der Waals surface area contributed by atoms with E-state index in [9.17, 15) is 0 Å². The number of anilines is 2. The normalized spacial score (nSPS) is 17.1. The molecule has 0 aliphatic carbocycles. The number of fused-ring (bicyclic) bond motifs is 7. The fraction of sp³-hybridized carbons (Fsp3) is 0.220. The molecule has 149 heavy (non-hydrogen) atoms. The zero-order chi connectivity index (χ0) is 102. The van der Waals surface area contributed by atoms with Crippen molar-refractivity contribution in [3.05, 3.63) is 520 Å². The van der Waals surface area contributed by atoms with E-state index in [1.165, 1.54) is 52.9 Å². The molecule has 4 bridgehead atoms. The average molecular weight is 2480 g/mol. The molecule has 0 fully saturated rings. The summed E-state index contributed by atoms with van der Waals surface area (Å²) >= 11 is -0.943. The average Bonchev–Trinajstić information content (AvgIpc) is 1.59. The van der Waals surface area contributed by atoms with Gasteiger partial charge >= 0.3 is 357 Å². The Morgan fingerprint density at radius 1 is 0.349 bits per heavy atom. The van der Waals surface area contributed by atoms with Gasteiger partial charge in [-0.1, -0.05) is 94.3 Å². The number of imidazole rings is 2. The molecule has 747 valence electrons. The van der Waals surface area contributed by atoms with Crippen LogP contribution in [-0.2, 0) is 101 Å². The van der Waals surface area contributed by atoms with Gasteiger partial charge in [-0.15, -0.1) is 81.4 Å². The maximum atomic E-state index is 5.69. The zero-order valence-corrected chi connectivity index (χ0v) is 94.9. The minimum absolute atomic E-state index is 0. The molecular weight excluding hydrogens is 2360 g/mol. The van der Waals surface area contributed by atoms with Crippen LogP contribution < -0.4 is 20.5 Å². The fourth-order valence-corrected chi connectivity index (χ4v) is 25.5. The van der Waals surface area contributed by atoms with Gasteiger partial charge in [0.25, 0.3) is 0 Å². The first-order valence-corrected chi connectivity index (χ1v) is 52.6. The fourth-order valence-electron chi connectivity index (χ4n) is 21.8. The molecule has 5 aliphatic heterocycles. The van der Waals surface area contributed by atoms with Crippen LogP contribution in [0, 0.1) is 82.3 Å². The molecule has 0 spiro atoms. The van der Waals surface area contributed by atoms with Crippen LogP contribution in [0.15, 0.2) is 353 Å². The molecule has 0 amide bonds. The molecule has 0 N–H and O–H groups in total. The minimum Gasteiger partial charge on any atom is 3.00 e. The van der Waals surface area contributed by atoms with E-state index in [0.717, 1.165) is 124 Å². The number of nitrogens with zero attached hydrogens (tertiary/aromatic N) is 17. The van der Waals surface area contributed by atoms with Gasteiger partial charge in [-0.2, -0.15) is 132 Å². The van der Waals surface area contributed by atoms with Crippen LogP contribution in [0.4, 0.5) is 11.4 Å². The van der Waals surface area contributed by atoms with E-state index < -0.39 is 49.8 Å². The van der Waals surface area contributed by atoms with Crippen LogP contribution in [0.3, 0.4) is 0 Å². The summed E-state index contributed by atoms with van der Waals surface area (Å²) in [4.78, 5) is 40.8. The van der Waals surface area contributed by atoms with Crippen molar-refractivity contribution in [1.82, 2.24) is 73.0 Å². The van der Waals surface area contributed by atoms with E-state index in [1.54, 1.807) is 0 Å². The molecule has 0 saturated carbocycles. The van der Waals surface area contributed by atoms with Crippen molar-refractivity contribution < 1.29 is 57.0 Å². The molecule has 3 unspecified atom stereocenters. The third kappa shape index (κ3) is 18.0. The van der Waals surface area contributed by atoms with Crippen molar-refractivity contribution >= 4 is 44.8 Å². The Morgan fingerprint density at radius 3 is 1.30 bits per heavy atom. The summed E-state index contributed by atoms with van der Waals surface area (Å²) in [5, 5.41) is 9.45. The standard InChI is InChI=1S/C45H44N3.C42H39BN7.C40H35BN7.3Ir/c1-42(2,3)35-25-27-46-40(30-35)44(7,33-18-11-9-12-19-33)37-22-15-17-32(29-37)38-23-16-24-39(48-38)45(8,34-20-13-10-14-21-34)41-31-36(26-28-47-41)43(4,5)6;1-31-15-14-16-32(2)39(31)43-47(7)37-22-21-35(41(3,33-17-10-8-11-18-33)48-25-23-45(5)29-48)27-36(37)40-44-38(28-50(40)43)42(4,34-19-12-9-13-20-34)49-26-24-46(6)30-49;1-29-15-12-16-30(2)37(29)41-45(5)35-22-21-33(39(3,47-25-13-23-42-47)31-17-8-6-9-18-31)27-34(35)38-44-36(28-46(38)41)40(4,48-26-14-24-43-48)32-19-10-7-11-20-32;;;/h9-18,20,22-28,30-31H,1-8H3;8-17,19,21-26,28H,1-7H3;6-17,19,21-26,28H,1-5H3;;;/q3*-3;;2*+3/t44?,45-;41?,42-;39?,40-;;;/m000.../s1. The molecule has 17 nitrogen and oxygen atoms in total. The Labute approximate surface area is 913 Å². The molecule has 6 atom stereocenters. The van der Waals surface area contributed by atoms with E-state index in [2.05, 4.69) is 451 Å². The molecular formula is C127H118B2Ir3N17-3. The summed E-state index contributed by atoms with van der Waals surface area (Å²) in [6, 6.07) is 129. The Bertz CT molecular complexity index is 7890. The second-order valence-electron chi connectivity index (χ2n) is 42.0. The molecule has 12 heterocycles. The number of pyridine rings is 3. The number of rotatable bonds is 17. The van der Waals surface area contributed by atoms with E-state index in [0.29, 0.717) is 0 Å². The maximum absolute atomic E-state index is 5.69. The first kappa shape index (κ1) is 103. The van der Waals surface area contributed by atoms with Gasteiger partial charge in [0.1, 0.15) is 5.54 Å². The topological polar surface area (TPSA) is 129 Å². The van der Waals surface area contributed by atoms with Gasteiger partial charge < -0.3 is 14.3 Å². The minimum atomic E-state index is -0.943. The summed E-state index contributed by atoms with van der Waals surface area (Å²) in [7, 11) is 8.73. The summed E-state index contributed by atoms with van der Waals surface area (Å²) in [6.07, 6.45) is 24.9. The molecule has 5 aliphatic rings. The van der Waals surface area contributed by atoms with E-state index in [1.807, 2.05) is 144 Å². The third-order valence-corrected chi connectivity index (χ3v) is 34.8. The molecule has 0 saturated heterocycles. The first-order chi connectivity index (χ1) is 70.7. The quantitative estimate of drug-likeness (QED) is 0.0634. The van der Waals surface area contributed by atoms with Crippen LogP contribution in [0.1, 0.15) is 195 Å². The van der Waals surface area contributed by atoms with Crippen LogP contribution in [0.5, 0.6) is 0 Å². The Hall–Kier alpha value is -14.2. The van der Waals surface area contributed by atoms with Crippen molar-refractivity contribution in [2.24, 2.45) is 0 Å². The van der Waals surface area contributed by atoms with Crippen molar-refractivity contribution in [1.29, 1.82) is 0 Å². The van der Waals surface area contributed by atoms with E-state index >= 15 is 0 Å². The number of aryl methyl sites for hydroxylation is 4. The maximum Gasteiger partial charge on any atom is 3.00 e. The summed E-state index contributed by atoms with van der Waals surface area (Å²) < 4.78 is 11.2. The smallest absolute Gasteiger partial charge is 3.00 e.